The molecule has 0 saturated heterocycles. The molecule has 0 amide bonds. The lowest BCUT2D eigenvalue weighted by Gasteiger charge is -2.25. The van der Waals surface area contributed by atoms with Crippen molar-refractivity contribution in [2.75, 3.05) is 11.4 Å². The van der Waals surface area contributed by atoms with Crippen LogP contribution < -0.4 is 10.2 Å². The molecule has 0 fully saturated rings. The van der Waals surface area contributed by atoms with E-state index in [4.69, 9.17) is 4.98 Å². The lowest BCUT2D eigenvalue weighted by molar-refractivity contribution is 0.588. The average molecular weight is 298 g/mol. The number of hydrogen-bond donors (Lipinski definition) is 1. The summed E-state index contributed by atoms with van der Waals surface area (Å²) in [7, 11) is 0. The first-order valence-corrected chi connectivity index (χ1v) is 8.68. The first-order chi connectivity index (χ1) is 9.36. The molecule has 0 radical (unpaired) electrons. The Labute approximate surface area is 128 Å². The van der Waals surface area contributed by atoms with Gasteiger partial charge in [0, 0.05) is 30.1 Å². The number of nitrogens with one attached hydrogen (secondary N) is 1. The van der Waals surface area contributed by atoms with Crippen molar-refractivity contribution in [1.29, 1.82) is 0 Å². The fraction of sp³-hybridized carbons (Fsp3) is 0.812. The van der Waals surface area contributed by atoms with Crippen molar-refractivity contribution in [1.82, 2.24) is 10.3 Å². The van der Waals surface area contributed by atoms with Crippen LogP contribution in [-0.2, 0) is 6.54 Å². The van der Waals surface area contributed by atoms with Gasteiger partial charge in [-0.3, -0.25) is 0 Å². The number of aromatic nitrogens is 1. The molecule has 0 unspecified atom stereocenters. The normalized spacial score (nSPS) is 11.9. The van der Waals surface area contributed by atoms with Gasteiger partial charge in [-0.15, -0.1) is 11.3 Å². The Hall–Kier alpha value is -0.610. The Bertz CT molecular complexity index is 396. The van der Waals surface area contributed by atoms with Crippen LogP contribution in [0, 0.1) is 0 Å². The molecule has 0 bridgehead atoms. The average Bonchev–Trinajstić information content (AvgIpc) is 2.76. The summed E-state index contributed by atoms with van der Waals surface area (Å²) in [5, 5.41) is 4.71. The summed E-state index contributed by atoms with van der Waals surface area (Å²) in [5.41, 5.74) is 1.26. The third-order valence-corrected chi connectivity index (χ3v) is 4.38. The highest BCUT2D eigenvalue weighted by Crippen LogP contribution is 2.31. The summed E-state index contributed by atoms with van der Waals surface area (Å²) in [6, 6.07) is 1.02. The minimum absolute atomic E-state index is 0.486. The quantitative estimate of drug-likeness (QED) is 0.771. The smallest absolute Gasteiger partial charge is 0.186 e. The number of hydrogen-bond acceptors (Lipinski definition) is 4. The van der Waals surface area contributed by atoms with Gasteiger partial charge in [0.1, 0.15) is 0 Å². The van der Waals surface area contributed by atoms with Gasteiger partial charge in [-0.05, 0) is 26.2 Å². The summed E-state index contributed by atoms with van der Waals surface area (Å²) >= 11 is 1.86. The molecule has 1 heterocycles. The Morgan fingerprint density at radius 1 is 1.15 bits per heavy atom. The van der Waals surface area contributed by atoms with Gasteiger partial charge in [-0.25, -0.2) is 4.98 Å². The van der Waals surface area contributed by atoms with Crippen LogP contribution in [0.5, 0.6) is 0 Å². The van der Waals surface area contributed by atoms with Gasteiger partial charge in [0.05, 0.1) is 5.69 Å². The highest BCUT2D eigenvalue weighted by molar-refractivity contribution is 7.15. The summed E-state index contributed by atoms with van der Waals surface area (Å²) in [6.07, 6.45) is 1.16. The van der Waals surface area contributed by atoms with Gasteiger partial charge in [0.2, 0.25) is 0 Å². The molecule has 0 saturated carbocycles. The molecule has 20 heavy (non-hydrogen) atoms. The molecule has 1 N–H and O–H groups in total. The monoisotopic (exact) mass is 297 g/mol. The van der Waals surface area contributed by atoms with E-state index in [1.165, 1.54) is 15.7 Å². The molecule has 1 aromatic heterocycles. The van der Waals surface area contributed by atoms with E-state index >= 15 is 0 Å². The number of nitrogens with zero attached hydrogens (tertiary/aromatic N) is 2. The maximum atomic E-state index is 4.93. The zero-order chi connectivity index (χ0) is 15.3. The van der Waals surface area contributed by atoms with Crippen molar-refractivity contribution in [3.63, 3.8) is 0 Å². The van der Waals surface area contributed by atoms with Gasteiger partial charge in [0.25, 0.3) is 0 Å². The summed E-state index contributed by atoms with van der Waals surface area (Å²) in [4.78, 5) is 8.75. The topological polar surface area (TPSA) is 28.2 Å². The lowest BCUT2D eigenvalue weighted by atomic mass is 10.1. The van der Waals surface area contributed by atoms with E-state index in [9.17, 15) is 0 Å². The predicted molar refractivity (Wildman–Crippen MR) is 91.0 cm³/mol. The van der Waals surface area contributed by atoms with Gasteiger partial charge in [-0.2, -0.15) is 0 Å². The molecular formula is C16H31N3S. The second kappa shape index (κ2) is 7.99. The molecular weight excluding hydrogens is 266 g/mol. The summed E-state index contributed by atoms with van der Waals surface area (Å²) in [6.45, 7) is 17.6. The highest BCUT2D eigenvalue weighted by Gasteiger charge is 2.19. The lowest BCUT2D eigenvalue weighted by Crippen LogP contribution is -2.31. The van der Waals surface area contributed by atoms with Crippen molar-refractivity contribution in [2.24, 2.45) is 0 Å². The van der Waals surface area contributed by atoms with Crippen LogP contribution in [0.15, 0.2) is 0 Å². The van der Waals surface area contributed by atoms with Crippen molar-refractivity contribution >= 4 is 16.5 Å². The predicted octanol–water partition coefficient (Wildman–Crippen LogP) is 4.39. The van der Waals surface area contributed by atoms with Crippen molar-refractivity contribution in [3.05, 3.63) is 10.6 Å². The molecule has 1 aromatic rings. The van der Waals surface area contributed by atoms with E-state index in [-0.39, 0.29) is 0 Å². The standard InChI is InChI=1S/C16H31N3S/c1-8-9-19(13(6)7)16-18-15(11(2)3)14(20-16)10-17-12(4)5/h11-13,17H,8-10H2,1-7H3. The third-order valence-electron chi connectivity index (χ3n) is 3.27. The Morgan fingerprint density at radius 2 is 1.80 bits per heavy atom. The maximum absolute atomic E-state index is 4.93. The highest BCUT2D eigenvalue weighted by atomic mass is 32.1. The van der Waals surface area contributed by atoms with E-state index in [0.29, 0.717) is 18.0 Å². The van der Waals surface area contributed by atoms with E-state index in [0.717, 1.165) is 19.5 Å². The molecule has 116 valence electrons. The molecule has 3 nitrogen and oxygen atoms in total. The zero-order valence-electron chi connectivity index (χ0n) is 14.2. The summed E-state index contributed by atoms with van der Waals surface area (Å²) in [5.74, 6) is 0.486. The van der Waals surface area contributed by atoms with E-state index < -0.39 is 0 Å². The van der Waals surface area contributed by atoms with Gasteiger partial charge >= 0.3 is 0 Å². The fourth-order valence-corrected chi connectivity index (χ4v) is 3.49. The molecule has 4 heteroatoms. The second-order valence-corrected chi connectivity index (χ2v) is 7.34. The van der Waals surface area contributed by atoms with Crippen molar-refractivity contribution < 1.29 is 0 Å². The van der Waals surface area contributed by atoms with Crippen LogP contribution in [0.1, 0.15) is 71.4 Å². The van der Waals surface area contributed by atoms with Crippen LogP contribution in [0.3, 0.4) is 0 Å². The SMILES string of the molecule is CCCN(c1nc(C(C)C)c(CNC(C)C)s1)C(C)C. The van der Waals surface area contributed by atoms with Crippen molar-refractivity contribution in [3.8, 4) is 0 Å². The Balaban J connectivity index is 3.00. The molecule has 0 aliphatic carbocycles. The van der Waals surface area contributed by atoms with Crippen LogP contribution in [0.25, 0.3) is 0 Å². The first kappa shape index (κ1) is 17.4. The molecule has 0 aliphatic rings. The van der Waals surface area contributed by atoms with Gasteiger partial charge in [0.15, 0.2) is 5.13 Å². The molecule has 1 rings (SSSR count). The minimum atomic E-state index is 0.486. The Morgan fingerprint density at radius 3 is 2.25 bits per heavy atom. The third kappa shape index (κ3) is 4.74. The van der Waals surface area contributed by atoms with Crippen LogP contribution in [0.4, 0.5) is 5.13 Å². The van der Waals surface area contributed by atoms with Crippen LogP contribution in [0.2, 0.25) is 0 Å². The van der Waals surface area contributed by atoms with Crippen LogP contribution in [-0.4, -0.2) is 23.6 Å². The van der Waals surface area contributed by atoms with Gasteiger partial charge in [-0.1, -0.05) is 34.6 Å². The van der Waals surface area contributed by atoms with E-state index in [2.05, 4.69) is 58.7 Å². The second-order valence-electron chi connectivity index (χ2n) is 6.28. The maximum Gasteiger partial charge on any atom is 0.186 e. The minimum Gasteiger partial charge on any atom is -0.346 e. The Kier molecular flexibility index (Phi) is 6.96. The fourth-order valence-electron chi connectivity index (χ4n) is 2.16. The van der Waals surface area contributed by atoms with Crippen molar-refractivity contribution in [2.45, 2.75) is 79.4 Å². The number of anilines is 1. The van der Waals surface area contributed by atoms with Crippen LogP contribution >= 0.6 is 11.3 Å². The van der Waals surface area contributed by atoms with E-state index in [1.807, 2.05) is 11.3 Å². The summed E-state index contributed by atoms with van der Waals surface area (Å²) < 4.78 is 0. The van der Waals surface area contributed by atoms with E-state index in [1.54, 1.807) is 0 Å². The molecule has 0 aliphatic heterocycles. The molecule has 0 aromatic carbocycles. The molecule has 0 spiro atoms. The first-order valence-electron chi connectivity index (χ1n) is 7.86. The number of thiazole rings is 1. The largest absolute Gasteiger partial charge is 0.346 e. The number of rotatable bonds is 8. The van der Waals surface area contributed by atoms with Gasteiger partial charge < -0.3 is 10.2 Å². The zero-order valence-corrected chi connectivity index (χ0v) is 15.0. The molecule has 0 atom stereocenters.